The number of aromatic nitrogens is 2. The maximum atomic E-state index is 4.62. The van der Waals surface area contributed by atoms with Gasteiger partial charge in [0.1, 0.15) is 0 Å². The Morgan fingerprint density at radius 2 is 1.92 bits per heavy atom. The molecule has 1 heterocycles. The van der Waals surface area contributed by atoms with Gasteiger partial charge in [-0.2, -0.15) is 5.10 Å². The number of nitrogens with zero attached hydrogens (tertiary/aromatic N) is 3. The van der Waals surface area contributed by atoms with Gasteiger partial charge in [-0.3, -0.25) is 4.68 Å². The van der Waals surface area contributed by atoms with Gasteiger partial charge in [-0.05, 0) is 38.8 Å². The van der Waals surface area contributed by atoms with Gasteiger partial charge in [0.05, 0.1) is 12.2 Å². The summed E-state index contributed by atoms with van der Waals surface area (Å²) < 4.78 is 2.06. The number of hydrogen-bond donors (Lipinski definition) is 2. The van der Waals surface area contributed by atoms with Gasteiger partial charge < -0.3 is 10.6 Å². The second-order valence-corrected chi connectivity index (χ2v) is 5.61. The first-order valence-electron chi connectivity index (χ1n) is 8.26. The van der Waals surface area contributed by atoms with Crippen LogP contribution >= 0.6 is 24.0 Å². The minimum atomic E-state index is 0. The molecule has 0 spiro atoms. The summed E-state index contributed by atoms with van der Waals surface area (Å²) in [6.07, 6.45) is 1.01. The molecule has 2 N–H and O–H groups in total. The Labute approximate surface area is 162 Å². The summed E-state index contributed by atoms with van der Waals surface area (Å²) in [5.41, 5.74) is 3.51. The molecule has 0 atom stereocenters. The predicted octanol–water partition coefficient (Wildman–Crippen LogP) is 3.26. The van der Waals surface area contributed by atoms with Crippen LogP contribution in [0.15, 0.2) is 41.4 Å². The molecule has 0 bridgehead atoms. The summed E-state index contributed by atoms with van der Waals surface area (Å²) in [6, 6.07) is 12.4. The number of nitrogens with one attached hydrogen (secondary N) is 2. The predicted molar refractivity (Wildman–Crippen MR) is 111 cm³/mol. The number of aliphatic imine (C=N–C) groups is 1. The van der Waals surface area contributed by atoms with Crippen molar-refractivity contribution in [2.24, 2.45) is 4.99 Å². The smallest absolute Gasteiger partial charge is 0.191 e. The third-order valence-electron chi connectivity index (χ3n) is 3.55. The molecule has 0 aliphatic rings. The van der Waals surface area contributed by atoms with Crippen molar-refractivity contribution in [2.45, 2.75) is 40.3 Å². The number of benzene rings is 1. The van der Waals surface area contributed by atoms with Gasteiger partial charge in [0, 0.05) is 25.3 Å². The number of halogens is 1. The van der Waals surface area contributed by atoms with E-state index in [0.29, 0.717) is 6.54 Å². The Bertz CT molecular complexity index is 622. The van der Waals surface area contributed by atoms with Crippen molar-refractivity contribution < 1.29 is 0 Å². The lowest BCUT2D eigenvalue weighted by Crippen LogP contribution is -2.38. The highest BCUT2D eigenvalue weighted by atomic mass is 127. The Morgan fingerprint density at radius 1 is 1.17 bits per heavy atom. The van der Waals surface area contributed by atoms with E-state index >= 15 is 0 Å². The van der Waals surface area contributed by atoms with E-state index in [1.165, 1.54) is 11.3 Å². The molecule has 6 heteroatoms. The van der Waals surface area contributed by atoms with Crippen LogP contribution < -0.4 is 10.6 Å². The molecule has 1 aromatic heterocycles. The summed E-state index contributed by atoms with van der Waals surface area (Å²) in [5.74, 6) is 0.865. The van der Waals surface area contributed by atoms with Gasteiger partial charge >= 0.3 is 0 Å². The first-order chi connectivity index (χ1) is 11.2. The maximum absolute atomic E-state index is 4.62. The fourth-order valence-corrected chi connectivity index (χ4v) is 2.43. The Kier molecular flexibility index (Phi) is 9.44. The standard InChI is InChI=1S/C18H27N5.HI/c1-4-19-18(21-14-17-9-6-5-7-10-17)20-11-8-12-23-16(3)13-15(2)22-23;/h5-7,9-10,13H,4,8,11-12,14H2,1-3H3,(H2,19,20,21);1H. The van der Waals surface area contributed by atoms with E-state index in [4.69, 9.17) is 0 Å². The first kappa shape index (κ1) is 20.5. The summed E-state index contributed by atoms with van der Waals surface area (Å²) >= 11 is 0. The molecule has 0 aliphatic carbocycles. The van der Waals surface area contributed by atoms with Crippen molar-refractivity contribution >= 4 is 29.9 Å². The largest absolute Gasteiger partial charge is 0.357 e. The van der Waals surface area contributed by atoms with E-state index in [-0.39, 0.29) is 24.0 Å². The van der Waals surface area contributed by atoms with Crippen molar-refractivity contribution in [2.75, 3.05) is 13.1 Å². The molecule has 0 fully saturated rings. The van der Waals surface area contributed by atoms with Crippen LogP contribution in [0.1, 0.15) is 30.3 Å². The molecule has 1 aromatic carbocycles. The zero-order chi connectivity index (χ0) is 16.5. The van der Waals surface area contributed by atoms with Crippen LogP contribution in [-0.4, -0.2) is 28.8 Å². The minimum Gasteiger partial charge on any atom is -0.357 e. The Morgan fingerprint density at radius 3 is 2.54 bits per heavy atom. The summed E-state index contributed by atoms with van der Waals surface area (Å²) in [4.78, 5) is 4.62. The van der Waals surface area contributed by atoms with Crippen LogP contribution in [0, 0.1) is 13.8 Å². The van der Waals surface area contributed by atoms with Crippen molar-refractivity contribution in [3.05, 3.63) is 53.3 Å². The lowest BCUT2D eigenvalue weighted by molar-refractivity contribution is 0.555. The zero-order valence-electron chi connectivity index (χ0n) is 14.7. The van der Waals surface area contributed by atoms with Crippen molar-refractivity contribution in [1.82, 2.24) is 20.4 Å². The molecule has 0 amide bonds. The molecule has 2 rings (SSSR count). The topological polar surface area (TPSA) is 54.2 Å². The highest BCUT2D eigenvalue weighted by Crippen LogP contribution is 2.02. The molecule has 0 unspecified atom stereocenters. The van der Waals surface area contributed by atoms with Crippen LogP contribution in [0.5, 0.6) is 0 Å². The fraction of sp³-hybridized carbons (Fsp3) is 0.444. The first-order valence-corrected chi connectivity index (χ1v) is 8.26. The molecular weight excluding hydrogens is 413 g/mol. The second kappa shape index (κ2) is 11.1. The molecule has 2 aromatic rings. The molecule has 5 nitrogen and oxygen atoms in total. The number of rotatable bonds is 7. The summed E-state index contributed by atoms with van der Waals surface area (Å²) in [5, 5.41) is 11.2. The molecule has 0 saturated heterocycles. The quantitative estimate of drug-likeness (QED) is 0.300. The highest BCUT2D eigenvalue weighted by molar-refractivity contribution is 14.0. The lowest BCUT2D eigenvalue weighted by Gasteiger charge is -2.11. The third-order valence-corrected chi connectivity index (χ3v) is 3.55. The van der Waals surface area contributed by atoms with E-state index in [2.05, 4.69) is 57.5 Å². The molecule has 132 valence electrons. The Hall–Kier alpha value is -1.57. The fourth-order valence-electron chi connectivity index (χ4n) is 2.43. The zero-order valence-corrected chi connectivity index (χ0v) is 17.1. The van der Waals surface area contributed by atoms with Crippen molar-refractivity contribution in [3.63, 3.8) is 0 Å². The molecule has 24 heavy (non-hydrogen) atoms. The van der Waals surface area contributed by atoms with E-state index in [1.54, 1.807) is 0 Å². The van der Waals surface area contributed by atoms with Crippen molar-refractivity contribution in [1.29, 1.82) is 0 Å². The van der Waals surface area contributed by atoms with E-state index in [0.717, 1.165) is 37.7 Å². The lowest BCUT2D eigenvalue weighted by atomic mass is 10.2. The van der Waals surface area contributed by atoms with E-state index < -0.39 is 0 Å². The number of guanidine groups is 1. The molecular formula is C18H28IN5. The molecule has 0 saturated carbocycles. The van der Waals surface area contributed by atoms with Gasteiger partial charge in [0.2, 0.25) is 0 Å². The summed E-state index contributed by atoms with van der Waals surface area (Å²) in [6.45, 7) is 9.55. The Balaban J connectivity index is 0.00000288. The highest BCUT2D eigenvalue weighted by Gasteiger charge is 2.01. The second-order valence-electron chi connectivity index (χ2n) is 5.61. The van der Waals surface area contributed by atoms with Crippen LogP contribution in [0.4, 0.5) is 0 Å². The normalized spacial score (nSPS) is 11.0. The van der Waals surface area contributed by atoms with Crippen LogP contribution in [-0.2, 0) is 13.1 Å². The maximum Gasteiger partial charge on any atom is 0.191 e. The monoisotopic (exact) mass is 441 g/mol. The molecule has 0 aliphatic heterocycles. The van der Waals surface area contributed by atoms with Gasteiger partial charge in [-0.1, -0.05) is 30.3 Å². The van der Waals surface area contributed by atoms with Crippen LogP contribution in [0.2, 0.25) is 0 Å². The summed E-state index contributed by atoms with van der Waals surface area (Å²) in [7, 11) is 0. The SMILES string of the molecule is CCNC(=NCc1ccccc1)NCCCn1nc(C)cc1C.I. The average Bonchev–Trinajstić information content (AvgIpc) is 2.87. The van der Waals surface area contributed by atoms with Crippen LogP contribution in [0.3, 0.4) is 0 Å². The van der Waals surface area contributed by atoms with E-state index in [9.17, 15) is 0 Å². The average molecular weight is 441 g/mol. The minimum absolute atomic E-state index is 0. The molecule has 0 radical (unpaired) electrons. The van der Waals surface area contributed by atoms with Crippen molar-refractivity contribution in [3.8, 4) is 0 Å². The number of aryl methyl sites for hydroxylation is 3. The van der Waals surface area contributed by atoms with Gasteiger partial charge in [-0.25, -0.2) is 4.99 Å². The number of hydrogen-bond acceptors (Lipinski definition) is 2. The third kappa shape index (κ3) is 6.90. The van der Waals surface area contributed by atoms with Crippen LogP contribution in [0.25, 0.3) is 0 Å². The van der Waals surface area contributed by atoms with E-state index in [1.807, 2.05) is 25.1 Å². The van der Waals surface area contributed by atoms with Gasteiger partial charge in [-0.15, -0.1) is 24.0 Å². The van der Waals surface area contributed by atoms with Gasteiger partial charge in [0.15, 0.2) is 5.96 Å². The van der Waals surface area contributed by atoms with Gasteiger partial charge in [0.25, 0.3) is 0 Å².